The van der Waals surface area contributed by atoms with Crippen molar-refractivity contribution in [2.75, 3.05) is 33.2 Å². The molecule has 1 atom stereocenters. The first-order valence-electron chi connectivity index (χ1n) is 9.90. The van der Waals surface area contributed by atoms with E-state index in [2.05, 4.69) is 60.0 Å². The molecule has 0 bridgehead atoms. The number of guanidine groups is 1. The van der Waals surface area contributed by atoms with Crippen LogP contribution in [-0.4, -0.2) is 73.0 Å². The molecule has 26 heavy (non-hydrogen) atoms. The van der Waals surface area contributed by atoms with Crippen LogP contribution in [0.15, 0.2) is 4.99 Å². The summed E-state index contributed by atoms with van der Waals surface area (Å²) in [6.07, 6.45) is 3.70. The van der Waals surface area contributed by atoms with Crippen LogP contribution in [0, 0.1) is 0 Å². The molecule has 2 N–H and O–H groups in total. The van der Waals surface area contributed by atoms with Crippen molar-refractivity contribution in [3.8, 4) is 0 Å². The third-order valence-corrected chi connectivity index (χ3v) is 5.00. The Morgan fingerprint density at radius 3 is 2.27 bits per heavy atom. The average Bonchev–Trinajstić information content (AvgIpc) is 2.98. The lowest BCUT2D eigenvalue weighted by Crippen LogP contribution is -2.46. The fourth-order valence-corrected chi connectivity index (χ4v) is 3.63. The Labute approximate surface area is 177 Å². The highest BCUT2D eigenvalue weighted by molar-refractivity contribution is 14.0. The van der Waals surface area contributed by atoms with E-state index in [1.165, 1.54) is 0 Å². The smallest absolute Gasteiger partial charge is 0.222 e. The van der Waals surface area contributed by atoms with Crippen molar-refractivity contribution < 1.29 is 4.79 Å². The van der Waals surface area contributed by atoms with Gasteiger partial charge in [0, 0.05) is 57.8 Å². The van der Waals surface area contributed by atoms with Crippen LogP contribution in [0.3, 0.4) is 0 Å². The largest absolute Gasteiger partial charge is 0.356 e. The second kappa shape index (κ2) is 13.6. The first kappa shape index (κ1) is 25.4. The molecule has 0 spiro atoms. The summed E-state index contributed by atoms with van der Waals surface area (Å²) in [6, 6.07) is 1.43. The molecule has 7 heteroatoms. The normalized spacial score (nSPS) is 16.4. The van der Waals surface area contributed by atoms with Gasteiger partial charge in [-0.2, -0.15) is 0 Å². The molecular weight excluding hydrogens is 441 g/mol. The predicted molar refractivity (Wildman–Crippen MR) is 121 cm³/mol. The van der Waals surface area contributed by atoms with Crippen LogP contribution in [0.25, 0.3) is 0 Å². The van der Waals surface area contributed by atoms with Crippen LogP contribution in [0.5, 0.6) is 0 Å². The Morgan fingerprint density at radius 1 is 1.19 bits per heavy atom. The van der Waals surface area contributed by atoms with Gasteiger partial charge in [-0.3, -0.25) is 14.7 Å². The number of rotatable bonds is 10. The molecule has 1 saturated heterocycles. The van der Waals surface area contributed by atoms with E-state index < -0.39 is 0 Å². The highest BCUT2D eigenvalue weighted by atomic mass is 127. The Bertz CT molecular complexity index is 420. The second-order valence-electron chi connectivity index (χ2n) is 7.39. The molecule has 1 aliphatic heterocycles. The van der Waals surface area contributed by atoms with Gasteiger partial charge in [-0.1, -0.05) is 6.92 Å². The van der Waals surface area contributed by atoms with E-state index >= 15 is 0 Å². The van der Waals surface area contributed by atoms with E-state index in [0.717, 1.165) is 57.8 Å². The van der Waals surface area contributed by atoms with Crippen LogP contribution in [0.4, 0.5) is 0 Å². The summed E-state index contributed by atoms with van der Waals surface area (Å²) in [5.41, 5.74) is 0. The maximum atomic E-state index is 11.9. The van der Waals surface area contributed by atoms with Gasteiger partial charge in [-0.15, -0.1) is 24.0 Å². The summed E-state index contributed by atoms with van der Waals surface area (Å²) in [7, 11) is 1.80. The fourth-order valence-electron chi connectivity index (χ4n) is 3.63. The summed E-state index contributed by atoms with van der Waals surface area (Å²) >= 11 is 0. The van der Waals surface area contributed by atoms with Gasteiger partial charge in [0.15, 0.2) is 5.96 Å². The number of likely N-dealkylation sites (tertiary alicyclic amines) is 1. The summed E-state index contributed by atoms with van der Waals surface area (Å²) in [5.74, 6) is 1.16. The topological polar surface area (TPSA) is 60.0 Å². The number of hydrogen-bond donors (Lipinski definition) is 2. The zero-order valence-corrected chi connectivity index (χ0v) is 19.9. The molecule has 154 valence electrons. The molecule has 0 aromatic carbocycles. The third-order valence-electron chi connectivity index (χ3n) is 5.00. The van der Waals surface area contributed by atoms with Gasteiger partial charge in [0.05, 0.1) is 0 Å². The number of nitrogens with zero attached hydrogens (tertiary/aromatic N) is 3. The minimum absolute atomic E-state index is 0. The number of carbonyl (C=O) groups is 1. The minimum Gasteiger partial charge on any atom is -0.356 e. The van der Waals surface area contributed by atoms with Crippen molar-refractivity contribution in [2.24, 2.45) is 4.99 Å². The summed E-state index contributed by atoms with van der Waals surface area (Å²) < 4.78 is 0. The zero-order chi connectivity index (χ0) is 18.8. The van der Waals surface area contributed by atoms with Crippen molar-refractivity contribution in [1.82, 2.24) is 20.4 Å². The van der Waals surface area contributed by atoms with E-state index in [9.17, 15) is 4.79 Å². The Balaban J connectivity index is 0.00000625. The molecule has 1 fully saturated rings. The SMILES string of the molecule is CCC(CCNC(=NC)NCCN(C(C)C)C(C)C)N1CCCC1=O.I. The van der Waals surface area contributed by atoms with Crippen LogP contribution in [-0.2, 0) is 4.79 Å². The average molecular weight is 481 g/mol. The van der Waals surface area contributed by atoms with E-state index in [1.807, 2.05) is 0 Å². The second-order valence-corrected chi connectivity index (χ2v) is 7.39. The van der Waals surface area contributed by atoms with Gasteiger partial charge in [0.2, 0.25) is 5.91 Å². The molecule has 0 aromatic heterocycles. The Kier molecular flexibility index (Phi) is 13.3. The number of halogens is 1. The molecule has 6 nitrogen and oxygen atoms in total. The summed E-state index contributed by atoms with van der Waals surface area (Å²) in [6.45, 7) is 14.7. The predicted octanol–water partition coefficient (Wildman–Crippen LogP) is 2.68. The zero-order valence-electron chi connectivity index (χ0n) is 17.5. The maximum Gasteiger partial charge on any atom is 0.222 e. The number of amides is 1. The number of carbonyl (C=O) groups excluding carboxylic acids is 1. The first-order valence-corrected chi connectivity index (χ1v) is 9.90. The fraction of sp³-hybridized carbons (Fsp3) is 0.895. The lowest BCUT2D eigenvalue weighted by Gasteiger charge is -2.30. The molecule has 1 heterocycles. The van der Waals surface area contributed by atoms with Crippen molar-refractivity contribution >= 4 is 35.8 Å². The van der Waals surface area contributed by atoms with Crippen molar-refractivity contribution in [3.63, 3.8) is 0 Å². The standard InChI is InChI=1S/C19H39N5O.HI/c1-7-17(24-13-8-9-18(24)25)10-11-21-19(20-6)22-12-14-23(15(2)3)16(4)5;/h15-17H,7-14H2,1-6H3,(H2,20,21,22);1H. The lowest BCUT2D eigenvalue weighted by atomic mass is 10.1. The van der Waals surface area contributed by atoms with Crippen LogP contribution < -0.4 is 10.6 Å². The molecule has 0 saturated carbocycles. The number of nitrogens with one attached hydrogen (secondary N) is 2. The molecular formula is C19H40IN5O. The molecule has 1 aliphatic rings. The Morgan fingerprint density at radius 2 is 1.81 bits per heavy atom. The third kappa shape index (κ3) is 8.41. The van der Waals surface area contributed by atoms with Gasteiger partial charge < -0.3 is 15.5 Å². The Hall–Kier alpha value is -0.570. The van der Waals surface area contributed by atoms with Gasteiger partial charge in [-0.05, 0) is 47.0 Å². The molecule has 1 rings (SSSR count). The van der Waals surface area contributed by atoms with Gasteiger partial charge in [-0.25, -0.2) is 0 Å². The van der Waals surface area contributed by atoms with E-state index in [0.29, 0.717) is 24.0 Å². The van der Waals surface area contributed by atoms with E-state index in [-0.39, 0.29) is 24.0 Å². The molecule has 1 unspecified atom stereocenters. The van der Waals surface area contributed by atoms with Crippen molar-refractivity contribution in [1.29, 1.82) is 0 Å². The van der Waals surface area contributed by atoms with Crippen LogP contribution >= 0.6 is 24.0 Å². The van der Waals surface area contributed by atoms with E-state index in [4.69, 9.17) is 0 Å². The first-order chi connectivity index (χ1) is 11.9. The molecule has 0 aliphatic carbocycles. The van der Waals surface area contributed by atoms with Gasteiger partial charge in [0.25, 0.3) is 0 Å². The van der Waals surface area contributed by atoms with E-state index in [1.54, 1.807) is 7.05 Å². The summed E-state index contributed by atoms with van der Waals surface area (Å²) in [5, 5.41) is 6.78. The quantitative estimate of drug-likeness (QED) is 0.286. The molecule has 0 aromatic rings. The van der Waals surface area contributed by atoms with Crippen molar-refractivity contribution in [3.05, 3.63) is 0 Å². The van der Waals surface area contributed by atoms with Crippen molar-refractivity contribution in [2.45, 2.75) is 78.4 Å². The highest BCUT2D eigenvalue weighted by Crippen LogP contribution is 2.17. The van der Waals surface area contributed by atoms with Crippen LogP contribution in [0.2, 0.25) is 0 Å². The summed E-state index contributed by atoms with van der Waals surface area (Å²) in [4.78, 5) is 20.7. The molecule has 1 amide bonds. The number of hydrogen-bond acceptors (Lipinski definition) is 3. The van der Waals surface area contributed by atoms with Gasteiger partial charge in [0.1, 0.15) is 0 Å². The maximum absolute atomic E-state index is 11.9. The minimum atomic E-state index is 0. The highest BCUT2D eigenvalue weighted by Gasteiger charge is 2.26. The monoisotopic (exact) mass is 481 g/mol. The van der Waals surface area contributed by atoms with Crippen LogP contribution in [0.1, 0.15) is 60.3 Å². The molecule has 0 radical (unpaired) electrons. The number of aliphatic imine (C=N–C) groups is 1. The van der Waals surface area contributed by atoms with Gasteiger partial charge >= 0.3 is 0 Å². The lowest BCUT2D eigenvalue weighted by molar-refractivity contribution is -0.129.